The summed E-state index contributed by atoms with van der Waals surface area (Å²) in [4.78, 5) is 35.8. The van der Waals surface area contributed by atoms with Crippen LogP contribution in [0.3, 0.4) is 0 Å². The van der Waals surface area contributed by atoms with Gasteiger partial charge >= 0.3 is 5.97 Å². The Morgan fingerprint density at radius 2 is 1.82 bits per heavy atom. The standard InChI is InChI=1S/C18H30O4/c1-4-5-6-7-8-9-10-14-15(11-12-16(14)20)17(13(2)19)18(21)22-3/h14-15,17H,4-12H2,1-3H3. The van der Waals surface area contributed by atoms with Gasteiger partial charge in [0.05, 0.1) is 7.11 Å². The highest BCUT2D eigenvalue weighted by molar-refractivity contribution is 5.99. The lowest BCUT2D eigenvalue weighted by atomic mass is 9.79. The number of ketones is 2. The molecule has 1 rings (SSSR count). The van der Waals surface area contributed by atoms with Crippen molar-refractivity contribution in [1.29, 1.82) is 0 Å². The van der Waals surface area contributed by atoms with Crippen LogP contribution in [-0.2, 0) is 19.1 Å². The average molecular weight is 310 g/mol. The Morgan fingerprint density at radius 1 is 1.18 bits per heavy atom. The van der Waals surface area contributed by atoms with Gasteiger partial charge in [-0.15, -0.1) is 0 Å². The first-order valence-electron chi connectivity index (χ1n) is 8.63. The minimum Gasteiger partial charge on any atom is -0.468 e. The maximum absolute atomic E-state index is 12.1. The van der Waals surface area contributed by atoms with Crippen LogP contribution in [0, 0.1) is 17.8 Å². The normalized spacial score (nSPS) is 22.6. The van der Waals surface area contributed by atoms with Gasteiger partial charge in [-0.25, -0.2) is 0 Å². The third kappa shape index (κ3) is 5.22. The monoisotopic (exact) mass is 310 g/mol. The molecule has 0 N–H and O–H groups in total. The summed E-state index contributed by atoms with van der Waals surface area (Å²) in [7, 11) is 1.30. The summed E-state index contributed by atoms with van der Waals surface area (Å²) >= 11 is 0. The van der Waals surface area contributed by atoms with Crippen LogP contribution < -0.4 is 0 Å². The number of hydrogen-bond acceptors (Lipinski definition) is 4. The lowest BCUT2D eigenvalue weighted by molar-refractivity contribution is -0.152. The fraction of sp³-hybridized carbons (Fsp3) is 0.833. The number of carbonyl (C=O) groups excluding carboxylic acids is 3. The van der Waals surface area contributed by atoms with Crippen molar-refractivity contribution in [1.82, 2.24) is 0 Å². The zero-order valence-corrected chi connectivity index (χ0v) is 14.2. The fourth-order valence-corrected chi connectivity index (χ4v) is 3.62. The van der Waals surface area contributed by atoms with Gasteiger partial charge in [0.15, 0.2) is 0 Å². The number of methoxy groups -OCH3 is 1. The molecule has 1 aliphatic rings. The summed E-state index contributed by atoms with van der Waals surface area (Å²) in [6.07, 6.45) is 8.99. The Labute approximate surface area is 134 Å². The molecule has 4 heteroatoms. The van der Waals surface area contributed by atoms with E-state index >= 15 is 0 Å². The zero-order chi connectivity index (χ0) is 16.5. The molecule has 1 fully saturated rings. The average Bonchev–Trinajstić information content (AvgIpc) is 2.83. The summed E-state index contributed by atoms with van der Waals surface area (Å²) in [6.45, 7) is 3.61. The van der Waals surface area contributed by atoms with Crippen LogP contribution in [0.4, 0.5) is 0 Å². The van der Waals surface area contributed by atoms with E-state index in [9.17, 15) is 14.4 Å². The molecule has 1 aliphatic carbocycles. The molecule has 4 nitrogen and oxygen atoms in total. The third-order valence-corrected chi connectivity index (χ3v) is 4.84. The molecule has 0 aliphatic heterocycles. The predicted molar refractivity (Wildman–Crippen MR) is 85.4 cm³/mol. The largest absolute Gasteiger partial charge is 0.468 e. The minimum absolute atomic E-state index is 0.140. The zero-order valence-electron chi connectivity index (χ0n) is 14.2. The number of esters is 1. The van der Waals surface area contributed by atoms with Gasteiger partial charge in [0.1, 0.15) is 17.5 Å². The second-order valence-corrected chi connectivity index (χ2v) is 6.44. The Kier molecular flexibility index (Phi) is 8.36. The molecule has 3 atom stereocenters. The van der Waals surface area contributed by atoms with Crippen molar-refractivity contribution in [3.8, 4) is 0 Å². The molecule has 0 aromatic carbocycles. The quantitative estimate of drug-likeness (QED) is 0.350. The Balaban J connectivity index is 2.56. The van der Waals surface area contributed by atoms with E-state index in [1.807, 2.05) is 0 Å². The van der Waals surface area contributed by atoms with Crippen LogP contribution in [-0.4, -0.2) is 24.6 Å². The van der Waals surface area contributed by atoms with Crippen molar-refractivity contribution in [2.75, 3.05) is 7.11 Å². The van der Waals surface area contributed by atoms with Gasteiger partial charge in [0, 0.05) is 12.3 Å². The molecule has 0 heterocycles. The topological polar surface area (TPSA) is 60.4 Å². The lowest BCUT2D eigenvalue weighted by Crippen LogP contribution is -2.34. The van der Waals surface area contributed by atoms with Gasteiger partial charge in [-0.3, -0.25) is 14.4 Å². The van der Waals surface area contributed by atoms with Crippen LogP contribution in [0.1, 0.15) is 71.6 Å². The van der Waals surface area contributed by atoms with E-state index in [0.29, 0.717) is 12.8 Å². The summed E-state index contributed by atoms with van der Waals surface area (Å²) in [5.74, 6) is -1.51. The second-order valence-electron chi connectivity index (χ2n) is 6.44. The molecular weight excluding hydrogens is 280 g/mol. The second kappa shape index (κ2) is 9.75. The molecule has 0 spiro atoms. The van der Waals surface area contributed by atoms with Crippen molar-refractivity contribution in [3.63, 3.8) is 0 Å². The van der Waals surface area contributed by atoms with Gasteiger partial charge in [0.2, 0.25) is 0 Å². The molecule has 1 saturated carbocycles. The van der Waals surface area contributed by atoms with Gasteiger partial charge in [-0.05, 0) is 25.7 Å². The van der Waals surface area contributed by atoms with E-state index in [4.69, 9.17) is 4.74 Å². The molecule has 0 aromatic heterocycles. The highest BCUT2D eigenvalue weighted by Crippen LogP contribution is 2.38. The van der Waals surface area contributed by atoms with E-state index in [2.05, 4.69) is 6.92 Å². The first kappa shape index (κ1) is 18.9. The summed E-state index contributed by atoms with van der Waals surface area (Å²) in [5, 5.41) is 0. The number of unbranched alkanes of at least 4 members (excludes halogenated alkanes) is 5. The third-order valence-electron chi connectivity index (χ3n) is 4.84. The summed E-state index contributed by atoms with van der Waals surface area (Å²) in [6, 6.07) is 0. The number of hydrogen-bond donors (Lipinski definition) is 0. The van der Waals surface area contributed by atoms with Crippen molar-refractivity contribution < 1.29 is 19.1 Å². The van der Waals surface area contributed by atoms with Crippen molar-refractivity contribution in [2.45, 2.75) is 71.6 Å². The van der Waals surface area contributed by atoms with E-state index in [1.165, 1.54) is 39.7 Å². The van der Waals surface area contributed by atoms with Crippen molar-refractivity contribution in [2.24, 2.45) is 17.8 Å². The number of rotatable bonds is 10. The Hall–Kier alpha value is -1.19. The maximum atomic E-state index is 12.1. The number of carbonyl (C=O) groups is 3. The molecular formula is C18H30O4. The van der Waals surface area contributed by atoms with E-state index in [-0.39, 0.29) is 23.4 Å². The highest BCUT2D eigenvalue weighted by atomic mass is 16.5. The molecule has 0 amide bonds. The SMILES string of the molecule is CCCCCCCCC1C(=O)CCC1C(C(C)=O)C(=O)OC. The molecule has 126 valence electrons. The van der Waals surface area contributed by atoms with E-state index in [0.717, 1.165) is 19.3 Å². The highest BCUT2D eigenvalue weighted by Gasteiger charge is 2.44. The number of Topliss-reactive ketones (excluding diaryl/α,β-unsaturated/α-hetero) is 2. The number of ether oxygens (including phenoxy) is 1. The van der Waals surface area contributed by atoms with Crippen molar-refractivity contribution >= 4 is 17.5 Å². The molecule has 0 bridgehead atoms. The van der Waals surface area contributed by atoms with Gasteiger partial charge in [-0.1, -0.05) is 45.4 Å². The lowest BCUT2D eigenvalue weighted by Gasteiger charge is -2.24. The first-order chi connectivity index (χ1) is 10.5. The van der Waals surface area contributed by atoms with E-state index < -0.39 is 11.9 Å². The van der Waals surface area contributed by atoms with Crippen LogP contribution in [0.5, 0.6) is 0 Å². The maximum Gasteiger partial charge on any atom is 0.316 e. The molecule has 22 heavy (non-hydrogen) atoms. The Bertz CT molecular complexity index is 389. The summed E-state index contributed by atoms with van der Waals surface area (Å²) < 4.78 is 4.77. The smallest absolute Gasteiger partial charge is 0.316 e. The van der Waals surface area contributed by atoms with Crippen LogP contribution in [0.15, 0.2) is 0 Å². The van der Waals surface area contributed by atoms with Crippen LogP contribution in [0.2, 0.25) is 0 Å². The Morgan fingerprint density at radius 3 is 2.41 bits per heavy atom. The molecule has 0 radical (unpaired) electrons. The molecule has 0 saturated heterocycles. The molecule has 3 unspecified atom stereocenters. The minimum atomic E-state index is -0.762. The van der Waals surface area contributed by atoms with Crippen LogP contribution >= 0.6 is 0 Å². The first-order valence-corrected chi connectivity index (χ1v) is 8.63. The van der Waals surface area contributed by atoms with Gasteiger partial charge in [0.25, 0.3) is 0 Å². The predicted octanol–water partition coefficient (Wildman–Crippen LogP) is 3.71. The molecule has 0 aromatic rings. The van der Waals surface area contributed by atoms with Gasteiger partial charge in [-0.2, -0.15) is 0 Å². The van der Waals surface area contributed by atoms with E-state index in [1.54, 1.807) is 0 Å². The summed E-state index contributed by atoms with van der Waals surface area (Å²) in [5.41, 5.74) is 0. The fourth-order valence-electron chi connectivity index (χ4n) is 3.62. The van der Waals surface area contributed by atoms with Gasteiger partial charge < -0.3 is 4.74 Å². The van der Waals surface area contributed by atoms with Crippen molar-refractivity contribution in [3.05, 3.63) is 0 Å². The van der Waals surface area contributed by atoms with Crippen LogP contribution in [0.25, 0.3) is 0 Å².